The van der Waals surface area contributed by atoms with Crippen LogP contribution in [0.1, 0.15) is 26.5 Å². The van der Waals surface area contributed by atoms with Crippen LogP contribution in [0.3, 0.4) is 0 Å². The van der Waals surface area contributed by atoms with Crippen LogP contribution in [0.5, 0.6) is 0 Å². The third kappa shape index (κ3) is 4.18. The number of benzene rings is 2. The Morgan fingerprint density at radius 3 is 2.06 bits per heavy atom. The van der Waals surface area contributed by atoms with Crippen LogP contribution in [0.15, 0.2) is 54.6 Å². The number of aromatic nitrogens is 3. The van der Waals surface area contributed by atoms with E-state index in [1.165, 1.54) is 21.9 Å². The second-order valence-corrected chi connectivity index (χ2v) is 7.13. The van der Waals surface area contributed by atoms with Crippen LogP contribution < -0.4 is 0 Å². The van der Waals surface area contributed by atoms with Gasteiger partial charge in [0, 0.05) is 31.7 Å². The number of rotatable bonds is 3. The maximum Gasteiger partial charge on any atom is 0.435 e. The molecule has 0 N–H and O–H groups in total. The summed E-state index contributed by atoms with van der Waals surface area (Å²) in [6, 6.07) is 13.0. The van der Waals surface area contributed by atoms with E-state index in [1.54, 1.807) is 30.3 Å². The summed E-state index contributed by atoms with van der Waals surface area (Å²) in [5.74, 6) is -1.92. The highest BCUT2D eigenvalue weighted by molar-refractivity contribution is 5.95. The van der Waals surface area contributed by atoms with Gasteiger partial charge in [0.25, 0.3) is 11.8 Å². The summed E-state index contributed by atoms with van der Waals surface area (Å²) in [5.41, 5.74) is -1.97. The van der Waals surface area contributed by atoms with E-state index in [-0.39, 0.29) is 37.8 Å². The first-order valence-corrected chi connectivity index (χ1v) is 9.68. The molecule has 1 saturated heterocycles. The third-order valence-corrected chi connectivity index (χ3v) is 5.07. The normalized spacial score (nSPS) is 14.5. The van der Waals surface area contributed by atoms with E-state index >= 15 is 0 Å². The van der Waals surface area contributed by atoms with Crippen molar-refractivity contribution >= 4 is 11.8 Å². The van der Waals surface area contributed by atoms with Gasteiger partial charge in [-0.05, 0) is 30.3 Å². The molecule has 2 heterocycles. The van der Waals surface area contributed by atoms with Crippen molar-refractivity contribution in [1.29, 1.82) is 0 Å². The molecule has 0 radical (unpaired) electrons. The molecule has 0 unspecified atom stereocenters. The molecule has 0 spiro atoms. The van der Waals surface area contributed by atoms with E-state index in [0.29, 0.717) is 10.2 Å². The lowest BCUT2D eigenvalue weighted by molar-refractivity contribution is -0.143. The van der Waals surface area contributed by atoms with Crippen molar-refractivity contribution in [3.63, 3.8) is 0 Å². The van der Waals surface area contributed by atoms with Gasteiger partial charge in [0.1, 0.15) is 5.82 Å². The summed E-state index contributed by atoms with van der Waals surface area (Å²) in [5, 5.41) is 6.92. The van der Waals surface area contributed by atoms with Crippen LogP contribution in [0.25, 0.3) is 5.69 Å². The molecule has 1 aliphatic heterocycles. The van der Waals surface area contributed by atoms with E-state index < -0.39 is 29.3 Å². The Hall–Kier alpha value is -3.76. The van der Waals surface area contributed by atoms with Crippen LogP contribution in [-0.4, -0.2) is 62.8 Å². The van der Waals surface area contributed by atoms with Crippen molar-refractivity contribution in [1.82, 2.24) is 24.8 Å². The van der Waals surface area contributed by atoms with E-state index in [0.717, 1.165) is 12.1 Å². The molecule has 1 aliphatic rings. The maximum absolute atomic E-state index is 13.8. The molecule has 4 rings (SSSR count). The second-order valence-electron chi connectivity index (χ2n) is 7.13. The minimum absolute atomic E-state index is 0.0432. The van der Waals surface area contributed by atoms with Crippen molar-refractivity contribution in [2.24, 2.45) is 0 Å². The summed E-state index contributed by atoms with van der Waals surface area (Å²) in [7, 11) is 0. The fourth-order valence-electron chi connectivity index (χ4n) is 3.49. The van der Waals surface area contributed by atoms with Gasteiger partial charge in [0.15, 0.2) is 11.4 Å². The molecule has 1 fully saturated rings. The Morgan fingerprint density at radius 1 is 0.844 bits per heavy atom. The molecule has 0 aliphatic carbocycles. The number of alkyl halides is 3. The van der Waals surface area contributed by atoms with E-state index in [1.807, 2.05) is 0 Å². The molecule has 7 nitrogen and oxygen atoms in total. The lowest BCUT2D eigenvalue weighted by Gasteiger charge is -2.34. The fourth-order valence-corrected chi connectivity index (χ4v) is 3.49. The number of amides is 2. The van der Waals surface area contributed by atoms with Crippen molar-refractivity contribution in [3.05, 3.63) is 77.4 Å². The smallest absolute Gasteiger partial charge is 0.335 e. The molecule has 2 amide bonds. The molecule has 0 atom stereocenters. The number of piperazine rings is 1. The Bertz CT molecular complexity index is 1140. The van der Waals surface area contributed by atoms with Gasteiger partial charge in [-0.15, -0.1) is 5.10 Å². The van der Waals surface area contributed by atoms with Gasteiger partial charge < -0.3 is 9.80 Å². The quantitative estimate of drug-likeness (QED) is 0.579. The lowest BCUT2D eigenvalue weighted by Crippen LogP contribution is -2.51. The average Bonchev–Trinajstić information content (AvgIpc) is 3.25. The van der Waals surface area contributed by atoms with Crippen LogP contribution in [0.4, 0.5) is 17.6 Å². The van der Waals surface area contributed by atoms with Crippen molar-refractivity contribution in [2.45, 2.75) is 6.18 Å². The number of carbonyl (C=O) groups excluding carboxylic acids is 2. The highest BCUT2D eigenvalue weighted by atomic mass is 19.4. The van der Waals surface area contributed by atoms with Gasteiger partial charge in [0.05, 0.1) is 5.69 Å². The van der Waals surface area contributed by atoms with E-state index in [2.05, 4.69) is 10.3 Å². The zero-order valence-corrected chi connectivity index (χ0v) is 16.6. The van der Waals surface area contributed by atoms with Gasteiger partial charge >= 0.3 is 6.18 Å². The number of hydrogen-bond donors (Lipinski definition) is 0. The Labute approximate surface area is 179 Å². The Balaban J connectivity index is 1.55. The van der Waals surface area contributed by atoms with Crippen molar-refractivity contribution < 1.29 is 27.2 Å². The maximum atomic E-state index is 13.8. The summed E-state index contributed by atoms with van der Waals surface area (Å²) >= 11 is 0. The molecular weight excluding hydrogens is 430 g/mol. The average molecular weight is 447 g/mol. The zero-order chi connectivity index (χ0) is 22.9. The van der Waals surface area contributed by atoms with Crippen LogP contribution in [-0.2, 0) is 6.18 Å². The topological polar surface area (TPSA) is 71.3 Å². The van der Waals surface area contributed by atoms with Crippen molar-refractivity contribution in [2.75, 3.05) is 26.2 Å². The van der Waals surface area contributed by atoms with Crippen LogP contribution >= 0.6 is 0 Å². The molecular formula is C21H17F4N5O2. The highest BCUT2D eigenvalue weighted by Crippen LogP contribution is 2.33. The highest BCUT2D eigenvalue weighted by Gasteiger charge is 2.43. The van der Waals surface area contributed by atoms with Gasteiger partial charge in [0.2, 0.25) is 0 Å². The largest absolute Gasteiger partial charge is 0.435 e. The van der Waals surface area contributed by atoms with Gasteiger partial charge in [-0.1, -0.05) is 29.5 Å². The van der Waals surface area contributed by atoms with Gasteiger partial charge in [-0.25, -0.2) is 9.07 Å². The van der Waals surface area contributed by atoms with E-state index in [9.17, 15) is 27.2 Å². The van der Waals surface area contributed by atoms with Gasteiger partial charge in [-0.3, -0.25) is 9.59 Å². The summed E-state index contributed by atoms with van der Waals surface area (Å²) in [6.07, 6.45) is -4.95. The second kappa shape index (κ2) is 8.40. The number of halogens is 4. The summed E-state index contributed by atoms with van der Waals surface area (Å²) < 4.78 is 55.3. The first kappa shape index (κ1) is 21.5. The minimum Gasteiger partial charge on any atom is -0.335 e. The number of hydrogen-bond acceptors (Lipinski definition) is 4. The minimum atomic E-state index is -4.95. The molecule has 0 saturated carbocycles. The Kier molecular flexibility index (Phi) is 5.64. The lowest BCUT2D eigenvalue weighted by atomic mass is 10.1. The third-order valence-electron chi connectivity index (χ3n) is 5.07. The molecule has 2 aromatic carbocycles. The number of carbonyl (C=O) groups is 2. The standard InChI is InChI=1S/C21H17F4N5O2/c22-15-7-4-8-16(13-15)30-18(21(23,24)25)17(26-27-30)20(32)29-11-9-28(10-12-29)19(31)14-5-2-1-3-6-14/h1-8,13H,9-12H2. The molecule has 11 heteroatoms. The molecule has 3 aromatic rings. The molecule has 0 bridgehead atoms. The fraction of sp³-hybridized carbons (Fsp3) is 0.238. The van der Waals surface area contributed by atoms with Crippen LogP contribution in [0, 0.1) is 5.82 Å². The summed E-state index contributed by atoms with van der Waals surface area (Å²) in [6.45, 7) is 0.417. The Morgan fingerprint density at radius 2 is 1.47 bits per heavy atom. The van der Waals surface area contributed by atoms with Gasteiger partial charge in [-0.2, -0.15) is 13.2 Å². The monoisotopic (exact) mass is 447 g/mol. The SMILES string of the molecule is O=C(c1ccccc1)N1CCN(C(=O)c2nnn(-c3cccc(F)c3)c2C(F)(F)F)CC1. The molecule has 166 valence electrons. The molecule has 1 aromatic heterocycles. The van der Waals surface area contributed by atoms with Crippen molar-refractivity contribution in [3.8, 4) is 5.69 Å². The van der Waals surface area contributed by atoms with E-state index in [4.69, 9.17) is 0 Å². The zero-order valence-electron chi connectivity index (χ0n) is 16.6. The van der Waals surface area contributed by atoms with Crippen LogP contribution in [0.2, 0.25) is 0 Å². The predicted molar refractivity (Wildman–Crippen MR) is 105 cm³/mol. The first-order valence-electron chi connectivity index (χ1n) is 9.68. The first-order chi connectivity index (χ1) is 15.3. The predicted octanol–water partition coefficient (Wildman–Crippen LogP) is 3.02. The summed E-state index contributed by atoms with van der Waals surface area (Å²) in [4.78, 5) is 28.1. The molecule has 32 heavy (non-hydrogen) atoms. The number of nitrogens with zero attached hydrogens (tertiary/aromatic N) is 5.